The minimum atomic E-state index is -0.241. The van der Waals surface area contributed by atoms with Crippen molar-refractivity contribution in [2.75, 3.05) is 62.7 Å². The van der Waals surface area contributed by atoms with Crippen LogP contribution >= 0.6 is 11.6 Å². The van der Waals surface area contributed by atoms with Crippen LogP contribution in [0.4, 0.5) is 11.5 Å². The molecule has 45 heavy (non-hydrogen) atoms. The van der Waals surface area contributed by atoms with Gasteiger partial charge in [0.15, 0.2) is 0 Å². The quantitative estimate of drug-likeness (QED) is 0.336. The average molecular weight is 626 g/mol. The van der Waals surface area contributed by atoms with Crippen LogP contribution in [0.5, 0.6) is 6.01 Å². The van der Waals surface area contributed by atoms with E-state index < -0.39 is 0 Å². The first-order valence-corrected chi connectivity index (χ1v) is 16.4. The van der Waals surface area contributed by atoms with Gasteiger partial charge >= 0.3 is 6.01 Å². The molecule has 234 valence electrons. The molecule has 0 spiro atoms. The molecule has 10 heteroatoms. The van der Waals surface area contributed by atoms with Gasteiger partial charge in [0, 0.05) is 61.3 Å². The van der Waals surface area contributed by atoms with Crippen molar-refractivity contribution in [1.82, 2.24) is 19.8 Å². The highest BCUT2D eigenvalue weighted by molar-refractivity contribution is 6.36. The number of likely N-dealkylation sites (tertiary alicyclic amines) is 1. The number of amides is 1. The molecule has 3 aromatic rings. The standard InChI is InChI=1S/C35H40ClN7O2/c1-3-31(44)43-18-17-42(20-26(43)12-15-37)33-27-13-16-41(30-11-5-8-24-7-4-10-28(36)32(24)30)21-29(27)38-34(39-33)45-23-35-14-6-9-25(35)19-40(2)22-35/h3-5,7-8,10-11,25-26H,1,6,9,12-14,16-23H2,2H3/t25?,26-,35?/m0/s1. The maximum Gasteiger partial charge on any atom is 0.318 e. The number of aromatic nitrogens is 2. The third kappa shape index (κ3) is 5.49. The fourth-order valence-corrected chi connectivity index (χ4v) is 8.60. The van der Waals surface area contributed by atoms with Crippen molar-refractivity contribution in [3.8, 4) is 12.1 Å². The lowest BCUT2D eigenvalue weighted by molar-refractivity contribution is -0.128. The predicted molar refractivity (Wildman–Crippen MR) is 177 cm³/mol. The van der Waals surface area contributed by atoms with Gasteiger partial charge in [-0.1, -0.05) is 48.9 Å². The summed E-state index contributed by atoms with van der Waals surface area (Å²) in [7, 11) is 2.20. The number of anilines is 2. The number of carbonyl (C=O) groups excluding carboxylic acids is 1. The molecule has 2 saturated heterocycles. The SMILES string of the molecule is C=CC(=O)N1CCN(c2nc(OCC34CCCC3CN(C)C4)nc3c2CCN(c2cccc4cccc(Cl)c24)C3)C[C@@H]1CC#N. The van der Waals surface area contributed by atoms with Crippen LogP contribution in [0.25, 0.3) is 10.8 Å². The summed E-state index contributed by atoms with van der Waals surface area (Å²) in [5.74, 6) is 1.37. The monoisotopic (exact) mass is 625 g/mol. The molecule has 3 atom stereocenters. The Morgan fingerprint density at radius 3 is 2.84 bits per heavy atom. The zero-order valence-electron chi connectivity index (χ0n) is 25.9. The van der Waals surface area contributed by atoms with E-state index >= 15 is 0 Å². The number of benzene rings is 2. The van der Waals surface area contributed by atoms with Gasteiger partial charge in [0.2, 0.25) is 5.91 Å². The van der Waals surface area contributed by atoms with Gasteiger partial charge in [-0.3, -0.25) is 4.79 Å². The van der Waals surface area contributed by atoms with Crippen molar-refractivity contribution in [2.45, 2.75) is 44.7 Å². The molecule has 7 rings (SSSR count). The second kappa shape index (κ2) is 12.1. The van der Waals surface area contributed by atoms with Gasteiger partial charge in [0.25, 0.3) is 0 Å². The van der Waals surface area contributed by atoms with E-state index in [1.807, 2.05) is 12.1 Å². The van der Waals surface area contributed by atoms with E-state index in [2.05, 4.69) is 58.7 Å². The van der Waals surface area contributed by atoms with E-state index in [-0.39, 0.29) is 23.8 Å². The summed E-state index contributed by atoms with van der Waals surface area (Å²) >= 11 is 6.74. The molecule has 1 amide bonds. The molecule has 3 fully saturated rings. The van der Waals surface area contributed by atoms with Gasteiger partial charge in [-0.05, 0) is 55.8 Å². The van der Waals surface area contributed by atoms with E-state index in [4.69, 9.17) is 26.3 Å². The molecule has 0 N–H and O–H groups in total. The Balaban J connectivity index is 1.23. The lowest BCUT2D eigenvalue weighted by Crippen LogP contribution is -2.55. The maximum absolute atomic E-state index is 12.6. The number of carbonyl (C=O) groups is 1. The number of fused-ring (bicyclic) bond motifs is 3. The third-order valence-corrected chi connectivity index (χ3v) is 10.8. The maximum atomic E-state index is 12.6. The Kier molecular flexibility index (Phi) is 8.05. The lowest BCUT2D eigenvalue weighted by Gasteiger charge is -2.42. The average Bonchev–Trinajstić information content (AvgIpc) is 3.58. The van der Waals surface area contributed by atoms with Crippen molar-refractivity contribution >= 4 is 39.8 Å². The molecule has 2 unspecified atom stereocenters. The summed E-state index contributed by atoms with van der Waals surface area (Å²) in [4.78, 5) is 31.5. The van der Waals surface area contributed by atoms with Crippen molar-refractivity contribution < 1.29 is 9.53 Å². The topological polar surface area (TPSA) is 88.8 Å². The van der Waals surface area contributed by atoms with Gasteiger partial charge in [-0.15, -0.1) is 0 Å². The Morgan fingerprint density at radius 2 is 2.02 bits per heavy atom. The molecular weight excluding hydrogens is 586 g/mol. The Morgan fingerprint density at radius 1 is 1.18 bits per heavy atom. The second-order valence-corrected chi connectivity index (χ2v) is 13.6. The van der Waals surface area contributed by atoms with Crippen molar-refractivity contribution in [3.63, 3.8) is 0 Å². The number of rotatable bonds is 7. The van der Waals surface area contributed by atoms with E-state index in [1.54, 1.807) is 4.90 Å². The molecule has 9 nitrogen and oxygen atoms in total. The zero-order valence-corrected chi connectivity index (χ0v) is 26.7. The van der Waals surface area contributed by atoms with E-state index in [0.29, 0.717) is 44.7 Å². The first-order chi connectivity index (χ1) is 21.9. The molecule has 3 aliphatic heterocycles. The van der Waals surface area contributed by atoms with Gasteiger partial charge in [0.05, 0.1) is 42.4 Å². The summed E-state index contributed by atoms with van der Waals surface area (Å²) in [6.45, 7) is 9.49. The second-order valence-electron chi connectivity index (χ2n) is 13.2. The minimum Gasteiger partial charge on any atom is -0.463 e. The highest BCUT2D eigenvalue weighted by atomic mass is 35.5. The zero-order chi connectivity index (χ0) is 31.1. The van der Waals surface area contributed by atoms with E-state index in [0.717, 1.165) is 64.6 Å². The molecule has 1 aromatic heterocycles. The largest absolute Gasteiger partial charge is 0.463 e. The molecule has 0 radical (unpaired) electrons. The number of piperazine rings is 1. The molecule has 0 bridgehead atoms. The van der Waals surface area contributed by atoms with Crippen LogP contribution in [0, 0.1) is 22.7 Å². The molecule has 1 aliphatic carbocycles. The summed E-state index contributed by atoms with van der Waals surface area (Å²) in [6.07, 6.45) is 6.01. The number of nitriles is 1. The third-order valence-electron chi connectivity index (χ3n) is 10.5. The smallest absolute Gasteiger partial charge is 0.318 e. The number of hydrogen-bond acceptors (Lipinski definition) is 8. The summed E-state index contributed by atoms with van der Waals surface area (Å²) in [5.41, 5.74) is 3.31. The number of nitrogens with zero attached hydrogens (tertiary/aromatic N) is 7. The number of hydrogen-bond donors (Lipinski definition) is 0. The van der Waals surface area contributed by atoms with Crippen LogP contribution in [0.3, 0.4) is 0 Å². The van der Waals surface area contributed by atoms with Gasteiger partial charge in [-0.2, -0.15) is 15.2 Å². The fourth-order valence-electron chi connectivity index (χ4n) is 8.32. The van der Waals surface area contributed by atoms with Gasteiger partial charge in [-0.25, -0.2) is 0 Å². The van der Waals surface area contributed by atoms with Crippen LogP contribution < -0.4 is 14.5 Å². The number of ether oxygens (including phenoxy) is 1. The Labute approximate surface area is 270 Å². The van der Waals surface area contributed by atoms with Gasteiger partial charge in [0.1, 0.15) is 5.82 Å². The molecular formula is C35H40ClN7O2. The summed E-state index contributed by atoms with van der Waals surface area (Å²) in [5, 5.41) is 12.5. The van der Waals surface area contributed by atoms with E-state index in [1.165, 1.54) is 25.3 Å². The normalized spacial score (nSPS) is 24.8. The Hall–Kier alpha value is -3.87. The fraction of sp³-hybridized carbons (Fsp3) is 0.486. The summed E-state index contributed by atoms with van der Waals surface area (Å²) in [6, 6.07) is 14.8. The highest BCUT2D eigenvalue weighted by Crippen LogP contribution is 2.48. The van der Waals surface area contributed by atoms with Crippen molar-refractivity contribution in [3.05, 3.63) is 65.3 Å². The predicted octanol–water partition coefficient (Wildman–Crippen LogP) is 5.07. The van der Waals surface area contributed by atoms with Gasteiger partial charge < -0.3 is 24.3 Å². The minimum absolute atomic E-state index is 0.139. The van der Waals surface area contributed by atoms with E-state index in [9.17, 15) is 10.1 Å². The number of halogens is 1. The van der Waals surface area contributed by atoms with Crippen molar-refractivity contribution in [1.29, 1.82) is 5.26 Å². The van der Waals surface area contributed by atoms with Crippen LogP contribution in [-0.2, 0) is 17.8 Å². The van der Waals surface area contributed by atoms with Crippen LogP contribution in [0.15, 0.2) is 49.1 Å². The first-order valence-electron chi connectivity index (χ1n) is 16.1. The Bertz CT molecular complexity index is 1670. The molecule has 4 heterocycles. The molecule has 2 aromatic carbocycles. The highest BCUT2D eigenvalue weighted by Gasteiger charge is 2.49. The molecule has 4 aliphatic rings. The van der Waals surface area contributed by atoms with Crippen LogP contribution in [0.1, 0.15) is 36.9 Å². The first kappa shape index (κ1) is 29.8. The van der Waals surface area contributed by atoms with Crippen LogP contribution in [0.2, 0.25) is 5.02 Å². The summed E-state index contributed by atoms with van der Waals surface area (Å²) < 4.78 is 6.58. The van der Waals surface area contributed by atoms with Crippen molar-refractivity contribution in [2.24, 2.45) is 11.3 Å². The molecule has 1 saturated carbocycles. The van der Waals surface area contributed by atoms with Crippen LogP contribution in [-0.4, -0.2) is 84.6 Å². The lowest BCUT2D eigenvalue weighted by atomic mass is 9.82.